The summed E-state index contributed by atoms with van der Waals surface area (Å²) in [6, 6.07) is 0.411. The minimum Gasteiger partial charge on any atom is -0.495 e. The topological polar surface area (TPSA) is 140 Å². The number of methoxy groups -OCH3 is 3. The summed E-state index contributed by atoms with van der Waals surface area (Å²) in [6.45, 7) is 15.9. The summed E-state index contributed by atoms with van der Waals surface area (Å²) in [6.07, 6.45) is -0.113. The number of benzene rings is 2. The summed E-state index contributed by atoms with van der Waals surface area (Å²) in [5.74, 6) is -8.05. The summed E-state index contributed by atoms with van der Waals surface area (Å²) in [7, 11) is 2.31. The van der Waals surface area contributed by atoms with Crippen LogP contribution in [0.1, 0.15) is 103 Å². The largest absolute Gasteiger partial charge is 0.495 e. The molecule has 2 aromatic carbocycles. The quantitative estimate of drug-likeness (QED) is 0.135. The molecule has 1 saturated heterocycles. The average molecular weight is 811 g/mol. The second kappa shape index (κ2) is 15.5. The molecule has 308 valence electrons. The minimum absolute atomic E-state index is 0.0427. The highest BCUT2D eigenvalue weighted by atomic mass is 35.5. The maximum atomic E-state index is 16.0. The fourth-order valence-electron chi connectivity index (χ4n) is 8.25. The van der Waals surface area contributed by atoms with Crippen molar-refractivity contribution in [1.82, 2.24) is 10.6 Å². The molecule has 1 heterocycles. The highest BCUT2D eigenvalue weighted by molar-refractivity contribution is 6.48. The van der Waals surface area contributed by atoms with E-state index in [-0.39, 0.29) is 35.2 Å². The van der Waals surface area contributed by atoms with Crippen LogP contribution in [0.15, 0.2) is 12.1 Å². The number of carbonyl (C=O) groups excluding carboxylic acids is 3. The van der Waals surface area contributed by atoms with Crippen molar-refractivity contribution < 1.29 is 60.5 Å². The van der Waals surface area contributed by atoms with Crippen molar-refractivity contribution in [1.29, 1.82) is 0 Å². The third kappa shape index (κ3) is 8.11. The maximum Gasteiger partial charge on any atom is 0.482 e. The predicted octanol–water partition coefficient (Wildman–Crippen LogP) is 7.30. The molecule has 2 amide bonds. The van der Waals surface area contributed by atoms with Gasteiger partial charge in [0, 0.05) is 5.56 Å². The molecule has 17 heteroatoms. The van der Waals surface area contributed by atoms with Crippen LogP contribution in [-0.4, -0.2) is 75.3 Å². The number of amides is 2. The molecular formula is C39H51BClF3N2O10. The Balaban J connectivity index is 1.61. The Kier molecular flexibility index (Phi) is 11.9. The van der Waals surface area contributed by atoms with E-state index >= 15 is 13.2 Å². The summed E-state index contributed by atoms with van der Waals surface area (Å²) in [4.78, 5) is 41.1. The van der Waals surface area contributed by atoms with E-state index in [2.05, 4.69) is 24.5 Å². The van der Waals surface area contributed by atoms with E-state index in [1.165, 1.54) is 13.2 Å². The molecule has 12 nitrogen and oxygen atoms in total. The molecule has 6 atom stereocenters. The Morgan fingerprint density at radius 1 is 0.893 bits per heavy atom. The van der Waals surface area contributed by atoms with Crippen LogP contribution in [0.25, 0.3) is 0 Å². The molecule has 4 fully saturated rings. The zero-order valence-electron chi connectivity index (χ0n) is 33.8. The van der Waals surface area contributed by atoms with E-state index in [4.69, 9.17) is 44.6 Å². The molecule has 2 N–H and O–H groups in total. The minimum atomic E-state index is -2.03. The second-order valence-corrected chi connectivity index (χ2v) is 17.7. The van der Waals surface area contributed by atoms with Gasteiger partial charge in [-0.2, -0.15) is 4.39 Å². The number of ether oxygens (including phenoxy) is 5. The molecule has 0 spiro atoms. The Morgan fingerprint density at radius 3 is 2.05 bits per heavy atom. The van der Waals surface area contributed by atoms with E-state index in [0.29, 0.717) is 12.3 Å². The van der Waals surface area contributed by atoms with Crippen molar-refractivity contribution in [3.63, 3.8) is 0 Å². The molecular weight excluding hydrogens is 760 g/mol. The van der Waals surface area contributed by atoms with E-state index < -0.39 is 99.0 Å². The SMILES string of the molecule is COc1c(F)c(F)c(C(NC(=O)OC(C)(C)C)C(=O)NC(Cc2ccc(F)c(C(=O)OC(C)(C)C)c2OC)B2O[C@@H]3C[C@@H]4C[C@@H](C4(C)C)[C@]3(C)O2)c(Cl)c1OC. The Labute approximate surface area is 330 Å². The number of rotatable bonds is 11. The standard InChI is InChI=1S/C39H51BClF3N2O10/c1-36(2,3)53-34(48)24-20(42)14-13-18(30(24)50-10)15-23(40-55-22-17-19-16-21(38(19,7)8)39(22,9)56-40)45-33(47)29(46-35(49)54-37(4,5)6)25-26(41)31(51-11)32(52-12)28(44)27(25)43/h13-14,19,21-23,29H,15-17H2,1-12H3,(H,45,47)(H,46,49)/t19-,21-,22+,23?,29?,39-/m0/s1. The van der Waals surface area contributed by atoms with Gasteiger partial charge in [-0.3, -0.25) is 4.79 Å². The van der Waals surface area contributed by atoms with Gasteiger partial charge in [0.1, 0.15) is 34.4 Å². The number of nitrogens with one attached hydrogen (secondary N) is 2. The average Bonchev–Trinajstić information content (AvgIpc) is 3.45. The highest BCUT2D eigenvalue weighted by Gasteiger charge is 2.68. The lowest BCUT2D eigenvalue weighted by molar-refractivity contribution is -0.199. The number of hydrogen-bond acceptors (Lipinski definition) is 10. The van der Waals surface area contributed by atoms with Crippen molar-refractivity contribution in [3.8, 4) is 17.2 Å². The summed E-state index contributed by atoms with van der Waals surface area (Å²) in [5, 5.41) is 4.56. The van der Waals surface area contributed by atoms with Gasteiger partial charge in [0.05, 0.1) is 44.0 Å². The van der Waals surface area contributed by atoms with Crippen LogP contribution in [-0.2, 0) is 30.0 Å². The van der Waals surface area contributed by atoms with Gasteiger partial charge < -0.3 is 43.6 Å². The van der Waals surface area contributed by atoms with Crippen LogP contribution in [0.3, 0.4) is 0 Å². The summed E-state index contributed by atoms with van der Waals surface area (Å²) >= 11 is 6.59. The molecule has 2 aromatic rings. The normalized spacial score (nSPS) is 23.6. The Morgan fingerprint density at radius 2 is 1.50 bits per heavy atom. The summed E-state index contributed by atoms with van der Waals surface area (Å²) < 4.78 is 86.9. The van der Waals surface area contributed by atoms with Crippen LogP contribution in [0.5, 0.6) is 17.2 Å². The Hall–Kier alpha value is -3.89. The smallest absolute Gasteiger partial charge is 0.482 e. The molecule has 0 radical (unpaired) electrons. The number of hydrogen-bond donors (Lipinski definition) is 2. The molecule has 1 aliphatic heterocycles. The van der Waals surface area contributed by atoms with Crippen molar-refractivity contribution in [2.24, 2.45) is 17.3 Å². The molecule has 0 aromatic heterocycles. The fourth-order valence-corrected chi connectivity index (χ4v) is 8.61. The van der Waals surface area contributed by atoms with Crippen LogP contribution >= 0.6 is 11.6 Å². The van der Waals surface area contributed by atoms with Crippen LogP contribution in [0.4, 0.5) is 18.0 Å². The fraction of sp³-hybridized carbons (Fsp3) is 0.615. The molecule has 3 aliphatic carbocycles. The van der Waals surface area contributed by atoms with E-state index in [9.17, 15) is 14.4 Å². The van der Waals surface area contributed by atoms with Gasteiger partial charge in [-0.1, -0.05) is 31.5 Å². The lowest BCUT2D eigenvalue weighted by atomic mass is 9.43. The zero-order chi connectivity index (χ0) is 41.9. The number of esters is 1. The molecule has 56 heavy (non-hydrogen) atoms. The maximum absolute atomic E-state index is 16.0. The van der Waals surface area contributed by atoms with Gasteiger partial charge in [-0.25, -0.2) is 18.4 Å². The molecule has 3 saturated carbocycles. The monoisotopic (exact) mass is 810 g/mol. The van der Waals surface area contributed by atoms with Crippen LogP contribution in [0.2, 0.25) is 5.02 Å². The van der Waals surface area contributed by atoms with Crippen molar-refractivity contribution in [3.05, 3.63) is 51.3 Å². The van der Waals surface area contributed by atoms with Crippen molar-refractivity contribution in [2.75, 3.05) is 21.3 Å². The molecule has 6 rings (SSSR count). The number of carbonyl (C=O) groups is 3. The van der Waals surface area contributed by atoms with Gasteiger partial charge in [0.15, 0.2) is 11.6 Å². The van der Waals surface area contributed by atoms with E-state index in [0.717, 1.165) is 26.7 Å². The number of alkyl carbamates (subject to hydrolysis) is 1. The second-order valence-electron chi connectivity index (χ2n) is 17.3. The van der Waals surface area contributed by atoms with E-state index in [1.54, 1.807) is 41.5 Å². The third-order valence-electron chi connectivity index (χ3n) is 11.0. The predicted molar refractivity (Wildman–Crippen MR) is 200 cm³/mol. The first-order chi connectivity index (χ1) is 25.9. The first-order valence-electron chi connectivity index (χ1n) is 18.4. The van der Waals surface area contributed by atoms with E-state index in [1.807, 2.05) is 6.92 Å². The van der Waals surface area contributed by atoms with Gasteiger partial charge >= 0.3 is 19.2 Å². The van der Waals surface area contributed by atoms with Crippen molar-refractivity contribution in [2.45, 2.75) is 116 Å². The van der Waals surface area contributed by atoms with Crippen molar-refractivity contribution >= 4 is 36.7 Å². The zero-order valence-corrected chi connectivity index (χ0v) is 34.6. The lowest BCUT2D eigenvalue weighted by Gasteiger charge is -2.64. The van der Waals surface area contributed by atoms with Gasteiger partial charge in [-0.05, 0) is 96.6 Å². The molecule has 4 aliphatic rings. The van der Waals surface area contributed by atoms with Gasteiger partial charge in [0.2, 0.25) is 17.5 Å². The Bertz CT molecular complexity index is 1890. The third-order valence-corrected chi connectivity index (χ3v) is 11.3. The highest BCUT2D eigenvalue weighted by Crippen LogP contribution is 2.65. The first-order valence-corrected chi connectivity index (χ1v) is 18.8. The summed E-state index contributed by atoms with van der Waals surface area (Å²) in [5.41, 5.74) is -3.85. The lowest BCUT2D eigenvalue weighted by Crippen LogP contribution is -2.65. The van der Waals surface area contributed by atoms with Gasteiger partial charge in [-0.15, -0.1) is 0 Å². The first kappa shape index (κ1) is 43.2. The molecule has 2 bridgehead atoms. The molecule has 2 unspecified atom stereocenters. The van der Waals surface area contributed by atoms with Crippen LogP contribution in [0, 0.1) is 34.7 Å². The van der Waals surface area contributed by atoms with Crippen LogP contribution < -0.4 is 24.8 Å². The van der Waals surface area contributed by atoms with Gasteiger partial charge in [0.25, 0.3) is 0 Å². The number of halogens is 4.